The zero-order valence-corrected chi connectivity index (χ0v) is 15.0. The number of benzene rings is 1. The number of hydrogen-bond acceptors (Lipinski definition) is 3. The molecule has 0 radical (unpaired) electrons. The Morgan fingerprint density at radius 3 is 2.48 bits per heavy atom. The Balaban J connectivity index is 1.38. The molecule has 1 aromatic carbocycles. The summed E-state index contributed by atoms with van der Waals surface area (Å²) in [6.45, 7) is 3.37. The van der Waals surface area contributed by atoms with Crippen LogP contribution in [0.5, 0.6) is 0 Å². The number of carbonyl (C=O) groups excluding carboxylic acids is 2. The van der Waals surface area contributed by atoms with Gasteiger partial charge in [0, 0.05) is 50.5 Å². The minimum atomic E-state index is 0.162. The van der Waals surface area contributed by atoms with Gasteiger partial charge in [-0.1, -0.05) is 19.3 Å². The van der Waals surface area contributed by atoms with Gasteiger partial charge in [0.1, 0.15) is 0 Å². The zero-order chi connectivity index (χ0) is 17.4. The first-order chi connectivity index (χ1) is 12.1. The first-order valence-electron chi connectivity index (χ1n) is 9.57. The number of amides is 2. The molecule has 0 atom stereocenters. The average Bonchev–Trinajstić information content (AvgIpc) is 2.95. The Bertz CT molecular complexity index is 674. The molecule has 1 aromatic rings. The first-order valence-corrected chi connectivity index (χ1v) is 9.57. The van der Waals surface area contributed by atoms with Crippen molar-refractivity contribution in [3.8, 4) is 0 Å². The van der Waals surface area contributed by atoms with Crippen LogP contribution in [-0.4, -0.2) is 49.9 Å². The fraction of sp³-hybridized carbons (Fsp3) is 0.600. The fourth-order valence-electron chi connectivity index (χ4n) is 4.45. The highest BCUT2D eigenvalue weighted by molar-refractivity contribution is 6.01. The van der Waals surface area contributed by atoms with Gasteiger partial charge in [-0.15, -0.1) is 0 Å². The number of anilines is 2. The van der Waals surface area contributed by atoms with Gasteiger partial charge in [0.25, 0.3) is 0 Å². The van der Waals surface area contributed by atoms with Gasteiger partial charge in [0.05, 0.1) is 6.42 Å². The average molecular weight is 341 g/mol. The van der Waals surface area contributed by atoms with Crippen molar-refractivity contribution in [1.29, 1.82) is 0 Å². The van der Waals surface area contributed by atoms with E-state index in [1.807, 2.05) is 7.05 Å². The summed E-state index contributed by atoms with van der Waals surface area (Å²) in [5, 5.41) is 0. The third kappa shape index (κ3) is 3.12. The van der Waals surface area contributed by atoms with E-state index in [1.54, 1.807) is 4.90 Å². The highest BCUT2D eigenvalue weighted by Crippen LogP contribution is 2.32. The van der Waals surface area contributed by atoms with Crippen molar-refractivity contribution in [2.75, 3.05) is 43.0 Å². The lowest BCUT2D eigenvalue weighted by Crippen LogP contribution is -2.50. The maximum atomic E-state index is 12.7. The summed E-state index contributed by atoms with van der Waals surface area (Å²) in [5.41, 5.74) is 3.32. The number of likely N-dealkylation sites (N-methyl/N-ethyl adjacent to an activating group) is 1. The molecule has 1 saturated heterocycles. The third-order valence-corrected chi connectivity index (χ3v) is 6.05. The SMILES string of the molecule is CN1C(=O)Cc2cc(N3CCN(C(=O)C4CCCCC4)CC3)ccc21. The van der Waals surface area contributed by atoms with E-state index in [4.69, 9.17) is 0 Å². The van der Waals surface area contributed by atoms with E-state index in [1.165, 1.54) is 24.9 Å². The lowest BCUT2D eigenvalue weighted by molar-refractivity contribution is -0.136. The molecule has 1 aliphatic carbocycles. The lowest BCUT2D eigenvalue weighted by atomic mass is 9.88. The van der Waals surface area contributed by atoms with Crippen molar-refractivity contribution >= 4 is 23.2 Å². The smallest absolute Gasteiger partial charge is 0.231 e. The van der Waals surface area contributed by atoms with Crippen LogP contribution in [-0.2, 0) is 16.0 Å². The Morgan fingerprint density at radius 2 is 1.76 bits per heavy atom. The van der Waals surface area contributed by atoms with Gasteiger partial charge in [0.2, 0.25) is 11.8 Å². The van der Waals surface area contributed by atoms with Crippen LogP contribution in [0.4, 0.5) is 11.4 Å². The van der Waals surface area contributed by atoms with Gasteiger partial charge in [-0.2, -0.15) is 0 Å². The quantitative estimate of drug-likeness (QED) is 0.830. The maximum Gasteiger partial charge on any atom is 0.231 e. The largest absolute Gasteiger partial charge is 0.368 e. The van der Waals surface area contributed by atoms with Crippen molar-refractivity contribution in [3.63, 3.8) is 0 Å². The van der Waals surface area contributed by atoms with Crippen molar-refractivity contribution < 1.29 is 9.59 Å². The second kappa shape index (κ2) is 6.70. The van der Waals surface area contributed by atoms with E-state index < -0.39 is 0 Å². The van der Waals surface area contributed by atoms with Crippen molar-refractivity contribution in [3.05, 3.63) is 23.8 Å². The summed E-state index contributed by atoms with van der Waals surface area (Å²) < 4.78 is 0. The number of rotatable bonds is 2. The number of piperazine rings is 1. The molecule has 1 saturated carbocycles. The molecule has 134 valence electrons. The fourth-order valence-corrected chi connectivity index (χ4v) is 4.45. The van der Waals surface area contributed by atoms with E-state index >= 15 is 0 Å². The van der Waals surface area contributed by atoms with E-state index in [9.17, 15) is 9.59 Å². The molecule has 5 heteroatoms. The topological polar surface area (TPSA) is 43.9 Å². The minimum absolute atomic E-state index is 0.162. The molecule has 2 amide bonds. The van der Waals surface area contributed by atoms with Gasteiger partial charge < -0.3 is 14.7 Å². The Hall–Kier alpha value is -2.04. The number of nitrogens with zero attached hydrogens (tertiary/aromatic N) is 3. The van der Waals surface area contributed by atoms with Gasteiger partial charge in [-0.05, 0) is 36.6 Å². The number of carbonyl (C=O) groups is 2. The van der Waals surface area contributed by atoms with Crippen LogP contribution >= 0.6 is 0 Å². The number of hydrogen-bond donors (Lipinski definition) is 0. The second-order valence-corrected chi connectivity index (χ2v) is 7.59. The van der Waals surface area contributed by atoms with Crippen LogP contribution in [0, 0.1) is 5.92 Å². The normalized spacial score (nSPS) is 21.6. The predicted molar refractivity (Wildman–Crippen MR) is 98.9 cm³/mol. The lowest BCUT2D eigenvalue weighted by Gasteiger charge is -2.38. The van der Waals surface area contributed by atoms with Crippen LogP contribution in [0.2, 0.25) is 0 Å². The summed E-state index contributed by atoms with van der Waals surface area (Å²) in [6, 6.07) is 6.30. The van der Waals surface area contributed by atoms with Crippen LogP contribution in [0.1, 0.15) is 37.7 Å². The molecule has 0 bridgehead atoms. The third-order valence-electron chi connectivity index (χ3n) is 6.05. The standard InChI is InChI=1S/C20H27N3O2/c1-21-18-8-7-17(13-16(18)14-19(21)24)22-9-11-23(12-10-22)20(25)15-5-3-2-4-6-15/h7-8,13,15H,2-6,9-12,14H2,1H3. The summed E-state index contributed by atoms with van der Waals surface area (Å²) in [4.78, 5) is 30.7. The first kappa shape index (κ1) is 16.4. The van der Waals surface area contributed by atoms with Crippen LogP contribution in [0.3, 0.4) is 0 Å². The van der Waals surface area contributed by atoms with E-state index in [-0.39, 0.29) is 11.8 Å². The Morgan fingerprint density at radius 1 is 1.04 bits per heavy atom. The molecule has 2 heterocycles. The molecular formula is C20H27N3O2. The molecule has 2 fully saturated rings. The van der Waals surface area contributed by atoms with Crippen LogP contribution in [0.25, 0.3) is 0 Å². The summed E-state index contributed by atoms with van der Waals surface area (Å²) in [6.07, 6.45) is 6.35. The second-order valence-electron chi connectivity index (χ2n) is 7.59. The molecular weight excluding hydrogens is 314 g/mol. The van der Waals surface area contributed by atoms with Crippen molar-refractivity contribution in [2.24, 2.45) is 5.92 Å². The van der Waals surface area contributed by atoms with E-state index in [0.717, 1.165) is 50.3 Å². The Labute approximate surface area is 149 Å². The number of fused-ring (bicyclic) bond motifs is 1. The zero-order valence-electron chi connectivity index (χ0n) is 15.0. The van der Waals surface area contributed by atoms with Gasteiger partial charge in [0.15, 0.2) is 0 Å². The molecule has 5 nitrogen and oxygen atoms in total. The highest BCUT2D eigenvalue weighted by atomic mass is 16.2. The summed E-state index contributed by atoms with van der Waals surface area (Å²) in [5.74, 6) is 0.803. The molecule has 0 unspecified atom stereocenters. The van der Waals surface area contributed by atoms with Crippen LogP contribution in [0.15, 0.2) is 18.2 Å². The monoisotopic (exact) mass is 341 g/mol. The highest BCUT2D eigenvalue weighted by Gasteiger charge is 2.29. The summed E-state index contributed by atoms with van der Waals surface area (Å²) >= 11 is 0. The molecule has 3 aliphatic rings. The van der Waals surface area contributed by atoms with E-state index in [0.29, 0.717) is 12.3 Å². The molecule has 2 aliphatic heterocycles. The molecule has 25 heavy (non-hydrogen) atoms. The van der Waals surface area contributed by atoms with Crippen molar-refractivity contribution in [1.82, 2.24) is 4.90 Å². The summed E-state index contributed by atoms with van der Waals surface area (Å²) in [7, 11) is 1.84. The predicted octanol–water partition coefficient (Wildman–Crippen LogP) is 2.43. The van der Waals surface area contributed by atoms with Gasteiger partial charge in [-0.25, -0.2) is 0 Å². The van der Waals surface area contributed by atoms with Crippen LogP contribution < -0.4 is 9.80 Å². The van der Waals surface area contributed by atoms with E-state index in [2.05, 4.69) is 28.0 Å². The maximum absolute atomic E-state index is 12.7. The molecule has 0 aromatic heterocycles. The van der Waals surface area contributed by atoms with Gasteiger partial charge in [-0.3, -0.25) is 9.59 Å². The molecule has 0 N–H and O–H groups in total. The molecule has 4 rings (SSSR count). The van der Waals surface area contributed by atoms with Gasteiger partial charge >= 0.3 is 0 Å². The van der Waals surface area contributed by atoms with Crippen molar-refractivity contribution in [2.45, 2.75) is 38.5 Å². The minimum Gasteiger partial charge on any atom is -0.368 e. The molecule has 0 spiro atoms. The Kier molecular flexibility index (Phi) is 4.40.